The maximum absolute atomic E-state index is 13.1. The number of nitrogens with zero attached hydrogens (tertiary/aromatic N) is 3. The number of nitrogens with one attached hydrogen (secondary N) is 1. The van der Waals surface area contributed by atoms with Crippen molar-refractivity contribution in [2.75, 3.05) is 27.3 Å². The van der Waals surface area contributed by atoms with Gasteiger partial charge in [-0.3, -0.25) is 9.69 Å². The molecule has 2 heterocycles. The van der Waals surface area contributed by atoms with Crippen LogP contribution in [0.4, 0.5) is 0 Å². The normalized spacial score (nSPS) is 17.3. The van der Waals surface area contributed by atoms with Gasteiger partial charge in [-0.1, -0.05) is 50.2 Å². The fourth-order valence-electron chi connectivity index (χ4n) is 4.70. The van der Waals surface area contributed by atoms with E-state index < -0.39 is 0 Å². The van der Waals surface area contributed by atoms with Gasteiger partial charge in [-0.25, -0.2) is 0 Å². The van der Waals surface area contributed by atoms with Gasteiger partial charge in [0.1, 0.15) is 0 Å². The van der Waals surface area contributed by atoms with E-state index >= 15 is 0 Å². The van der Waals surface area contributed by atoms with Crippen molar-refractivity contribution in [2.45, 2.75) is 58.5 Å². The van der Waals surface area contributed by atoms with Crippen molar-refractivity contribution in [2.24, 2.45) is 5.92 Å². The van der Waals surface area contributed by atoms with Crippen molar-refractivity contribution < 1.29 is 18.8 Å². The van der Waals surface area contributed by atoms with Crippen LogP contribution in [0.25, 0.3) is 11.4 Å². The highest BCUT2D eigenvalue weighted by molar-refractivity contribution is 5.79. The Labute approximate surface area is 219 Å². The fraction of sp³-hybridized carbons (Fsp3) is 0.483. The lowest BCUT2D eigenvalue weighted by Gasteiger charge is -2.31. The number of amides is 1. The third kappa shape index (κ3) is 6.49. The predicted octanol–water partition coefficient (Wildman–Crippen LogP) is 5.14. The minimum Gasteiger partial charge on any atom is -0.493 e. The van der Waals surface area contributed by atoms with Gasteiger partial charge in [-0.05, 0) is 61.1 Å². The van der Waals surface area contributed by atoms with E-state index in [1.165, 1.54) is 5.56 Å². The average Bonchev–Trinajstić information content (AvgIpc) is 3.36. The molecular weight excluding hydrogens is 468 g/mol. The zero-order valence-electron chi connectivity index (χ0n) is 22.7. The third-order valence-corrected chi connectivity index (χ3v) is 6.98. The van der Waals surface area contributed by atoms with Crippen LogP contribution in [0.1, 0.15) is 63.6 Å². The molecule has 1 aliphatic heterocycles. The third-order valence-electron chi connectivity index (χ3n) is 6.98. The maximum atomic E-state index is 13.1. The van der Waals surface area contributed by atoms with Crippen LogP contribution in [0.15, 0.2) is 47.0 Å². The number of methoxy groups -OCH3 is 2. The molecule has 1 aliphatic rings. The summed E-state index contributed by atoms with van der Waals surface area (Å²) in [7, 11) is 3.19. The van der Waals surface area contributed by atoms with E-state index in [9.17, 15) is 4.79 Å². The summed E-state index contributed by atoms with van der Waals surface area (Å²) in [5.41, 5.74) is 3.29. The van der Waals surface area contributed by atoms with Crippen LogP contribution < -0.4 is 14.8 Å². The van der Waals surface area contributed by atoms with Crippen LogP contribution in [0, 0.1) is 5.92 Å². The van der Waals surface area contributed by atoms with Gasteiger partial charge in [0, 0.05) is 12.1 Å². The molecule has 1 fully saturated rings. The van der Waals surface area contributed by atoms with Gasteiger partial charge in [0.05, 0.1) is 32.7 Å². The second kappa shape index (κ2) is 11.3. The van der Waals surface area contributed by atoms with Crippen molar-refractivity contribution in [1.82, 2.24) is 20.4 Å². The molecule has 0 radical (unpaired) electrons. The second-order valence-corrected chi connectivity index (χ2v) is 10.8. The van der Waals surface area contributed by atoms with Crippen molar-refractivity contribution >= 4 is 5.91 Å². The molecule has 1 saturated heterocycles. The van der Waals surface area contributed by atoms with Crippen molar-refractivity contribution in [3.63, 3.8) is 0 Å². The topological polar surface area (TPSA) is 89.7 Å². The molecule has 8 nitrogen and oxygen atoms in total. The van der Waals surface area contributed by atoms with Crippen molar-refractivity contribution in [3.8, 4) is 22.9 Å². The Kier molecular flexibility index (Phi) is 8.17. The smallest absolute Gasteiger partial charge is 0.241 e. The molecule has 2 atom stereocenters. The maximum Gasteiger partial charge on any atom is 0.241 e. The standard InChI is InChI=1S/C29H38N4O4/c1-19(20-9-12-23(13-10-20)29(2,3)4)30-28(34)22-8-7-15-33(17-22)18-26-31-27(32-37-26)21-11-14-24(35-5)25(16-21)36-6/h9-14,16,19,22H,7-8,15,17-18H2,1-6H3,(H,30,34). The molecule has 0 spiro atoms. The summed E-state index contributed by atoms with van der Waals surface area (Å²) in [5.74, 6) is 2.29. The molecule has 3 aromatic rings. The van der Waals surface area contributed by atoms with Gasteiger partial charge in [-0.2, -0.15) is 4.98 Å². The molecule has 4 rings (SSSR count). The summed E-state index contributed by atoms with van der Waals surface area (Å²) in [6.45, 7) is 10.7. The van der Waals surface area contributed by atoms with Crippen molar-refractivity contribution in [3.05, 3.63) is 59.5 Å². The van der Waals surface area contributed by atoms with Crippen LogP contribution in [-0.2, 0) is 16.8 Å². The minimum absolute atomic E-state index is 0.0446. The Morgan fingerprint density at radius 1 is 1.14 bits per heavy atom. The number of carbonyl (C=O) groups is 1. The Balaban J connectivity index is 1.34. The Hall–Kier alpha value is -3.39. The summed E-state index contributed by atoms with van der Waals surface area (Å²) in [4.78, 5) is 19.9. The van der Waals surface area contributed by atoms with E-state index in [1.54, 1.807) is 14.2 Å². The first-order valence-corrected chi connectivity index (χ1v) is 12.9. The van der Waals surface area contributed by atoms with Crippen LogP contribution in [0.3, 0.4) is 0 Å². The Morgan fingerprint density at radius 3 is 2.54 bits per heavy atom. The highest BCUT2D eigenvalue weighted by Gasteiger charge is 2.28. The molecule has 2 aromatic carbocycles. The quantitative estimate of drug-likeness (QED) is 0.452. The number of rotatable bonds is 8. The number of likely N-dealkylation sites (tertiary alicyclic amines) is 1. The minimum atomic E-state index is -0.0710. The molecule has 8 heteroatoms. The van der Waals surface area contributed by atoms with Gasteiger partial charge in [0.25, 0.3) is 0 Å². The molecular formula is C29H38N4O4. The van der Waals surface area contributed by atoms with E-state index in [0.29, 0.717) is 36.3 Å². The van der Waals surface area contributed by atoms with E-state index in [0.717, 1.165) is 30.5 Å². The molecule has 198 valence electrons. The Bertz CT molecular complexity index is 1200. The fourth-order valence-corrected chi connectivity index (χ4v) is 4.70. The first-order chi connectivity index (χ1) is 17.7. The number of carbonyl (C=O) groups excluding carboxylic acids is 1. The van der Waals surface area contributed by atoms with E-state index in [-0.39, 0.29) is 23.3 Å². The van der Waals surface area contributed by atoms with Crippen LogP contribution in [0.5, 0.6) is 11.5 Å². The lowest BCUT2D eigenvalue weighted by molar-refractivity contribution is -0.127. The first-order valence-electron chi connectivity index (χ1n) is 12.9. The molecule has 2 unspecified atom stereocenters. The molecule has 1 amide bonds. The largest absolute Gasteiger partial charge is 0.493 e. The van der Waals surface area contributed by atoms with Gasteiger partial charge < -0.3 is 19.3 Å². The van der Waals surface area contributed by atoms with Crippen molar-refractivity contribution in [1.29, 1.82) is 0 Å². The lowest BCUT2D eigenvalue weighted by atomic mass is 9.86. The summed E-state index contributed by atoms with van der Waals surface area (Å²) < 4.78 is 16.2. The monoisotopic (exact) mass is 506 g/mol. The van der Waals surface area contributed by atoms with Gasteiger partial charge in [0.15, 0.2) is 11.5 Å². The number of aromatic nitrogens is 2. The molecule has 0 bridgehead atoms. The van der Waals surface area contributed by atoms with E-state index in [2.05, 4.69) is 65.4 Å². The molecule has 37 heavy (non-hydrogen) atoms. The SMILES string of the molecule is COc1ccc(-c2noc(CN3CCCC(C(=O)NC(C)c4ccc(C(C)(C)C)cc4)C3)n2)cc1OC. The number of hydrogen-bond acceptors (Lipinski definition) is 7. The molecule has 0 saturated carbocycles. The second-order valence-electron chi connectivity index (χ2n) is 10.8. The number of benzene rings is 2. The summed E-state index contributed by atoms with van der Waals surface area (Å²) in [6.07, 6.45) is 1.82. The zero-order valence-corrected chi connectivity index (χ0v) is 22.7. The van der Waals surface area contributed by atoms with E-state index in [1.807, 2.05) is 25.1 Å². The molecule has 1 N–H and O–H groups in total. The highest BCUT2D eigenvalue weighted by Crippen LogP contribution is 2.31. The molecule has 0 aliphatic carbocycles. The predicted molar refractivity (Wildman–Crippen MR) is 143 cm³/mol. The highest BCUT2D eigenvalue weighted by atomic mass is 16.5. The summed E-state index contributed by atoms with van der Waals surface area (Å²) >= 11 is 0. The average molecular weight is 507 g/mol. The summed E-state index contributed by atoms with van der Waals surface area (Å²) in [6, 6.07) is 14.0. The zero-order chi connectivity index (χ0) is 26.6. The van der Waals surface area contributed by atoms with Gasteiger partial charge in [0.2, 0.25) is 17.6 Å². The van der Waals surface area contributed by atoms with E-state index in [4.69, 9.17) is 14.0 Å². The van der Waals surface area contributed by atoms with Gasteiger partial charge >= 0.3 is 0 Å². The number of ether oxygens (including phenoxy) is 2. The summed E-state index contributed by atoms with van der Waals surface area (Å²) in [5, 5.41) is 7.36. The first kappa shape index (κ1) is 26.7. The Morgan fingerprint density at radius 2 is 1.86 bits per heavy atom. The number of hydrogen-bond donors (Lipinski definition) is 1. The van der Waals surface area contributed by atoms with Crippen LogP contribution >= 0.6 is 0 Å². The van der Waals surface area contributed by atoms with Gasteiger partial charge in [-0.15, -0.1) is 0 Å². The number of piperidine rings is 1. The molecule has 1 aromatic heterocycles. The van der Waals surface area contributed by atoms with Crippen LogP contribution in [0.2, 0.25) is 0 Å². The lowest BCUT2D eigenvalue weighted by Crippen LogP contribution is -2.43. The van der Waals surface area contributed by atoms with Crippen LogP contribution in [-0.4, -0.2) is 48.3 Å².